The van der Waals surface area contributed by atoms with Crippen LogP contribution in [0, 0.1) is 0 Å². The maximum Gasteiger partial charge on any atom is 0.0408 e. The fraction of sp³-hybridized carbons (Fsp3) is 0.600. The molecule has 0 aliphatic heterocycles. The molecule has 100 valence electrons. The molecule has 0 spiro atoms. The molecule has 1 N–H and O–H groups in total. The number of benzene rings is 1. The van der Waals surface area contributed by atoms with Crippen molar-refractivity contribution in [3.05, 3.63) is 34.9 Å². The summed E-state index contributed by atoms with van der Waals surface area (Å²) < 4.78 is 0. The van der Waals surface area contributed by atoms with Gasteiger partial charge in [0.25, 0.3) is 0 Å². The van der Waals surface area contributed by atoms with E-state index < -0.39 is 0 Å². The molecular formula is C15H23ClN2. The third-order valence-corrected chi connectivity index (χ3v) is 3.85. The zero-order chi connectivity index (χ0) is 13.1. The Kier molecular flexibility index (Phi) is 4.66. The lowest BCUT2D eigenvalue weighted by Crippen LogP contribution is -2.47. The average Bonchev–Trinajstić information content (AvgIpc) is 2.21. The molecule has 0 saturated heterocycles. The topological polar surface area (TPSA) is 15.3 Å². The molecule has 18 heavy (non-hydrogen) atoms. The summed E-state index contributed by atoms with van der Waals surface area (Å²) >= 11 is 6.03. The fourth-order valence-corrected chi connectivity index (χ4v) is 2.99. The Morgan fingerprint density at radius 1 is 1.39 bits per heavy atom. The van der Waals surface area contributed by atoms with Crippen LogP contribution < -0.4 is 5.32 Å². The Morgan fingerprint density at radius 2 is 2.11 bits per heavy atom. The molecule has 1 aromatic carbocycles. The number of likely N-dealkylation sites (N-methyl/N-ethyl adjacent to an activating group) is 1. The second-order valence-corrected chi connectivity index (χ2v) is 6.19. The summed E-state index contributed by atoms with van der Waals surface area (Å²) in [5.74, 6) is 0.688. The van der Waals surface area contributed by atoms with Gasteiger partial charge in [0.05, 0.1) is 0 Å². The van der Waals surface area contributed by atoms with Gasteiger partial charge in [0.2, 0.25) is 0 Å². The minimum absolute atomic E-state index is 0.560. The van der Waals surface area contributed by atoms with Crippen LogP contribution in [0.1, 0.15) is 31.2 Å². The first-order valence-electron chi connectivity index (χ1n) is 6.71. The molecule has 3 heteroatoms. The molecule has 0 radical (unpaired) electrons. The Hall–Kier alpha value is -0.570. The molecule has 2 nitrogen and oxygen atoms in total. The van der Waals surface area contributed by atoms with Crippen molar-refractivity contribution in [2.45, 2.75) is 37.8 Å². The Bertz CT molecular complexity index is 386. The highest BCUT2D eigenvalue weighted by atomic mass is 35.5. The van der Waals surface area contributed by atoms with E-state index >= 15 is 0 Å². The van der Waals surface area contributed by atoms with Gasteiger partial charge in [0.15, 0.2) is 0 Å². The van der Waals surface area contributed by atoms with E-state index in [1.165, 1.54) is 18.4 Å². The quantitative estimate of drug-likeness (QED) is 0.881. The zero-order valence-corrected chi connectivity index (χ0v) is 12.2. The van der Waals surface area contributed by atoms with Gasteiger partial charge in [0.1, 0.15) is 0 Å². The molecular weight excluding hydrogens is 244 g/mol. The summed E-state index contributed by atoms with van der Waals surface area (Å²) in [6.45, 7) is 3.35. The lowest BCUT2D eigenvalue weighted by Gasteiger charge is -2.38. The van der Waals surface area contributed by atoms with Crippen molar-refractivity contribution in [2.24, 2.45) is 0 Å². The predicted molar refractivity (Wildman–Crippen MR) is 78.4 cm³/mol. The van der Waals surface area contributed by atoms with Crippen molar-refractivity contribution in [3.63, 3.8) is 0 Å². The van der Waals surface area contributed by atoms with E-state index in [1.807, 2.05) is 12.1 Å². The average molecular weight is 267 g/mol. The number of hydrogen-bond acceptors (Lipinski definition) is 2. The molecule has 1 fully saturated rings. The van der Waals surface area contributed by atoms with Crippen molar-refractivity contribution in [1.82, 2.24) is 10.2 Å². The largest absolute Gasteiger partial charge is 0.310 e. The van der Waals surface area contributed by atoms with Gasteiger partial charge >= 0.3 is 0 Å². The number of nitrogens with one attached hydrogen (secondary N) is 1. The van der Waals surface area contributed by atoms with Crippen LogP contribution >= 0.6 is 11.6 Å². The van der Waals surface area contributed by atoms with Crippen molar-refractivity contribution in [3.8, 4) is 0 Å². The maximum atomic E-state index is 6.03. The van der Waals surface area contributed by atoms with Crippen molar-refractivity contribution in [1.29, 1.82) is 0 Å². The summed E-state index contributed by atoms with van der Waals surface area (Å²) in [5, 5.41) is 4.54. The number of rotatable bonds is 5. The van der Waals surface area contributed by atoms with Gasteiger partial charge in [0, 0.05) is 23.7 Å². The van der Waals surface area contributed by atoms with Crippen molar-refractivity contribution < 1.29 is 0 Å². The smallest absolute Gasteiger partial charge is 0.0408 e. The normalized spacial score (nSPS) is 24.9. The van der Waals surface area contributed by atoms with Crippen LogP contribution in [-0.2, 0) is 0 Å². The van der Waals surface area contributed by atoms with E-state index in [0.717, 1.165) is 11.6 Å². The summed E-state index contributed by atoms with van der Waals surface area (Å²) in [7, 11) is 4.24. The highest BCUT2D eigenvalue weighted by Gasteiger charge is 2.30. The Balaban J connectivity index is 1.77. The molecule has 0 amide bonds. The SMILES string of the molecule is CC(CN(C)C)NC1CC(c2cccc(Cl)c2)C1. The molecule has 1 saturated carbocycles. The first-order chi connectivity index (χ1) is 8.54. The minimum atomic E-state index is 0.560. The van der Waals surface area contributed by atoms with Gasteiger partial charge in [-0.3, -0.25) is 0 Å². The zero-order valence-electron chi connectivity index (χ0n) is 11.5. The van der Waals surface area contributed by atoms with Crippen molar-refractivity contribution >= 4 is 11.6 Å². The van der Waals surface area contributed by atoms with Gasteiger partial charge < -0.3 is 10.2 Å². The van der Waals surface area contributed by atoms with E-state index in [1.54, 1.807) is 0 Å². The van der Waals surface area contributed by atoms with Gasteiger partial charge in [-0.05, 0) is 57.5 Å². The lowest BCUT2D eigenvalue weighted by atomic mass is 9.75. The monoisotopic (exact) mass is 266 g/mol. The highest BCUT2D eigenvalue weighted by molar-refractivity contribution is 6.30. The molecule has 2 rings (SSSR count). The van der Waals surface area contributed by atoms with Gasteiger partial charge in [-0.25, -0.2) is 0 Å². The molecule has 1 aliphatic carbocycles. The Morgan fingerprint density at radius 3 is 2.72 bits per heavy atom. The summed E-state index contributed by atoms with van der Waals surface area (Å²) in [6, 6.07) is 9.52. The molecule has 1 unspecified atom stereocenters. The third-order valence-electron chi connectivity index (χ3n) is 3.62. The lowest BCUT2D eigenvalue weighted by molar-refractivity contribution is 0.245. The molecule has 1 aromatic rings. The van der Waals surface area contributed by atoms with E-state index in [9.17, 15) is 0 Å². The van der Waals surface area contributed by atoms with Gasteiger partial charge in [-0.2, -0.15) is 0 Å². The molecule has 0 aromatic heterocycles. The van der Waals surface area contributed by atoms with E-state index in [4.69, 9.17) is 11.6 Å². The Labute approximate surface area is 115 Å². The first-order valence-corrected chi connectivity index (χ1v) is 7.08. The number of halogens is 1. The van der Waals surface area contributed by atoms with Crippen LogP contribution in [-0.4, -0.2) is 37.6 Å². The van der Waals surface area contributed by atoms with Crippen LogP contribution in [0.3, 0.4) is 0 Å². The molecule has 1 aliphatic rings. The summed E-state index contributed by atoms with van der Waals surface area (Å²) in [6.07, 6.45) is 2.47. The fourth-order valence-electron chi connectivity index (χ4n) is 2.79. The summed E-state index contributed by atoms with van der Waals surface area (Å²) in [5.41, 5.74) is 1.39. The maximum absolute atomic E-state index is 6.03. The van der Waals surface area contributed by atoms with E-state index in [2.05, 4.69) is 43.4 Å². The number of hydrogen-bond donors (Lipinski definition) is 1. The third kappa shape index (κ3) is 3.71. The minimum Gasteiger partial charge on any atom is -0.310 e. The first kappa shape index (κ1) is 13.9. The standard InChI is InChI=1S/C15H23ClN2/c1-11(10-18(2)3)17-15-8-13(9-15)12-5-4-6-14(16)7-12/h4-7,11,13,15,17H,8-10H2,1-3H3. The van der Waals surface area contributed by atoms with E-state index in [-0.39, 0.29) is 0 Å². The van der Waals surface area contributed by atoms with Crippen LogP contribution in [0.15, 0.2) is 24.3 Å². The van der Waals surface area contributed by atoms with Crippen molar-refractivity contribution in [2.75, 3.05) is 20.6 Å². The second kappa shape index (κ2) is 6.05. The van der Waals surface area contributed by atoms with E-state index in [0.29, 0.717) is 18.0 Å². The van der Waals surface area contributed by atoms with Crippen LogP contribution in [0.2, 0.25) is 5.02 Å². The predicted octanol–water partition coefficient (Wildman–Crippen LogP) is 3.13. The van der Waals surface area contributed by atoms with Crippen LogP contribution in [0.5, 0.6) is 0 Å². The van der Waals surface area contributed by atoms with Gasteiger partial charge in [-0.1, -0.05) is 23.7 Å². The molecule has 0 heterocycles. The van der Waals surface area contributed by atoms with Gasteiger partial charge in [-0.15, -0.1) is 0 Å². The molecule has 1 atom stereocenters. The van der Waals surface area contributed by atoms with Crippen LogP contribution in [0.25, 0.3) is 0 Å². The van der Waals surface area contributed by atoms with Crippen LogP contribution in [0.4, 0.5) is 0 Å². The number of nitrogens with zero attached hydrogens (tertiary/aromatic N) is 1. The molecule has 0 bridgehead atoms. The second-order valence-electron chi connectivity index (χ2n) is 5.75. The highest BCUT2D eigenvalue weighted by Crippen LogP contribution is 2.37. The summed E-state index contributed by atoms with van der Waals surface area (Å²) in [4.78, 5) is 2.23.